The third kappa shape index (κ3) is 3.75. The molecule has 0 saturated carbocycles. The number of carboxylic acid groups (broad SMARTS) is 1. The van der Waals surface area contributed by atoms with E-state index in [-0.39, 0.29) is 23.3 Å². The minimum atomic E-state index is -1.44. The number of benzene rings is 2. The zero-order valence-electron chi connectivity index (χ0n) is 23.8. The molecule has 1 aliphatic carbocycles. The molecule has 2 N–H and O–H groups in total. The van der Waals surface area contributed by atoms with Gasteiger partial charge in [-0.25, -0.2) is 0 Å². The van der Waals surface area contributed by atoms with Gasteiger partial charge in [0, 0.05) is 28.5 Å². The number of hydrogen-bond acceptors (Lipinski definition) is 6. The quantitative estimate of drug-likeness (QED) is 0.292. The Balaban J connectivity index is 1.18. The first kappa shape index (κ1) is 27.0. The highest BCUT2D eigenvalue weighted by atomic mass is 16.4. The molecule has 2 aromatic carbocycles. The van der Waals surface area contributed by atoms with E-state index in [9.17, 15) is 29.4 Å². The van der Waals surface area contributed by atoms with E-state index >= 15 is 0 Å². The molecule has 42 heavy (non-hydrogen) atoms. The van der Waals surface area contributed by atoms with Crippen molar-refractivity contribution in [1.82, 2.24) is 4.90 Å². The number of carbonyl (C=O) groups is 4. The van der Waals surface area contributed by atoms with Crippen molar-refractivity contribution in [3.8, 4) is 11.1 Å². The third-order valence-electron chi connectivity index (χ3n) is 10.7. The summed E-state index contributed by atoms with van der Waals surface area (Å²) in [7, 11) is 0. The number of amides is 2. The van der Waals surface area contributed by atoms with Gasteiger partial charge in [-0.15, -0.1) is 6.10 Å². The van der Waals surface area contributed by atoms with E-state index in [1.165, 1.54) is 11.8 Å². The Morgan fingerprint density at radius 3 is 2.21 bits per heavy atom. The molecule has 5 aliphatic heterocycles. The first-order chi connectivity index (χ1) is 19.9. The third-order valence-corrected chi connectivity index (χ3v) is 10.7. The number of β-lactam (4-membered cyclic amide) rings is 1. The summed E-state index contributed by atoms with van der Waals surface area (Å²) < 4.78 is 1.73. The molecule has 6 aliphatic rings. The first-order valence-corrected chi connectivity index (χ1v) is 14.7. The number of ketones is 1. The normalized spacial score (nSPS) is 31.5. The molecule has 10 heteroatoms. The Labute approximate surface area is 243 Å². The lowest BCUT2D eigenvalue weighted by Crippen LogP contribution is -2.75. The molecular formula is C32H34N4O6. The summed E-state index contributed by atoms with van der Waals surface area (Å²) in [5, 5.41) is 24.4. The van der Waals surface area contributed by atoms with Crippen LogP contribution in [0.15, 0.2) is 42.1 Å². The number of quaternary nitrogens is 2. The van der Waals surface area contributed by atoms with Crippen LogP contribution in [0.25, 0.3) is 16.7 Å². The Bertz CT molecular complexity index is 1600. The Kier molecular flexibility index (Phi) is 5.83. The topological polar surface area (TPSA) is 144 Å². The maximum absolute atomic E-state index is 13.5. The molecule has 5 heterocycles. The van der Waals surface area contributed by atoms with Gasteiger partial charge in [0.15, 0.2) is 12.3 Å². The second-order valence-electron chi connectivity index (χ2n) is 13.0. The zero-order valence-corrected chi connectivity index (χ0v) is 23.8. The van der Waals surface area contributed by atoms with Gasteiger partial charge in [0.2, 0.25) is 5.91 Å². The lowest BCUT2D eigenvalue weighted by molar-refractivity contribution is -1.08. The van der Waals surface area contributed by atoms with Crippen molar-refractivity contribution in [3.63, 3.8) is 0 Å². The van der Waals surface area contributed by atoms with E-state index in [4.69, 9.17) is 5.73 Å². The highest BCUT2D eigenvalue weighted by Gasteiger charge is 2.57. The SMILES string of the molecule is C[C@@H]([O-])[C@H]1C(=O)N2C(C(=O)[O-])=C(c3ccc4c(c3)-c3ccc(C[N+]56CC[N+](CC(N)=O)(CC5)CC6)cc3C4=O)[C@H](C)[C@H]12. The molecule has 0 unspecified atom stereocenters. The van der Waals surface area contributed by atoms with Gasteiger partial charge in [0.1, 0.15) is 45.8 Å². The van der Waals surface area contributed by atoms with Crippen LogP contribution in [0.1, 0.15) is 40.9 Å². The average Bonchev–Trinajstić information content (AvgIpc) is 3.37. The second kappa shape index (κ2) is 9.07. The molecule has 10 nitrogen and oxygen atoms in total. The number of aliphatic carboxylic acids is 1. The van der Waals surface area contributed by atoms with Crippen molar-refractivity contribution >= 4 is 29.1 Å². The molecule has 0 radical (unpaired) electrons. The smallest absolute Gasteiger partial charge is 0.272 e. The molecule has 0 spiro atoms. The van der Waals surface area contributed by atoms with Crippen molar-refractivity contribution in [3.05, 3.63) is 64.3 Å². The van der Waals surface area contributed by atoms with Crippen molar-refractivity contribution in [2.24, 2.45) is 17.6 Å². The van der Waals surface area contributed by atoms with Crippen LogP contribution in [0.5, 0.6) is 0 Å². The number of carboxylic acids is 1. The van der Waals surface area contributed by atoms with Crippen LogP contribution in [0.3, 0.4) is 0 Å². The van der Waals surface area contributed by atoms with Crippen LogP contribution in [0, 0.1) is 11.8 Å². The number of primary amides is 1. The molecule has 4 fully saturated rings. The van der Waals surface area contributed by atoms with Crippen LogP contribution in [-0.4, -0.2) is 95.4 Å². The Morgan fingerprint density at radius 2 is 1.60 bits per heavy atom. The number of carbonyl (C=O) groups excluding carboxylic acids is 4. The standard InChI is InChI=1S/C32H34N4O6/c1-17-26(29(32(41)42)34-28(17)27(18(2)37)31(34)40)20-4-6-22-23(14-20)21-5-3-19(13-24(21)30(22)39)15-35-7-10-36(11-8-35,12-9-35)16-25(33)38/h3-6,13-14,17-18,27-28H,7-12,15-16H2,1-2H3,(H2-,33,38,41,42)/t17-,18+,27+,28+,35?,36?/m0/s1. The van der Waals surface area contributed by atoms with E-state index in [2.05, 4.69) is 6.07 Å². The number of fused-ring (bicyclic) bond motifs is 7. The lowest BCUT2D eigenvalue weighted by atomic mass is 9.76. The van der Waals surface area contributed by atoms with Crippen LogP contribution >= 0.6 is 0 Å². The maximum atomic E-state index is 13.5. The van der Waals surface area contributed by atoms with E-state index in [0.29, 0.717) is 28.8 Å². The van der Waals surface area contributed by atoms with Gasteiger partial charge < -0.3 is 34.6 Å². The average molecular weight is 571 g/mol. The first-order valence-electron chi connectivity index (χ1n) is 14.7. The van der Waals surface area contributed by atoms with Crippen molar-refractivity contribution in [1.29, 1.82) is 0 Å². The highest BCUT2D eigenvalue weighted by molar-refractivity contribution is 6.22. The second-order valence-corrected chi connectivity index (χ2v) is 13.0. The summed E-state index contributed by atoms with van der Waals surface area (Å²) >= 11 is 0. The summed E-state index contributed by atoms with van der Waals surface area (Å²) in [6.45, 7) is 10.2. The lowest BCUT2D eigenvalue weighted by Gasteiger charge is -2.55. The van der Waals surface area contributed by atoms with E-state index in [1.54, 1.807) is 12.1 Å². The maximum Gasteiger partial charge on any atom is 0.272 e. The molecule has 0 aromatic heterocycles. The molecule has 4 saturated heterocycles. The minimum absolute atomic E-state index is 0.0596. The van der Waals surface area contributed by atoms with Gasteiger partial charge in [-0.05, 0) is 40.5 Å². The summed E-state index contributed by atoms with van der Waals surface area (Å²) in [5.74, 6) is -3.35. The summed E-state index contributed by atoms with van der Waals surface area (Å²) in [4.78, 5) is 51.3. The molecule has 2 bridgehead atoms. The van der Waals surface area contributed by atoms with Crippen LogP contribution in [-0.2, 0) is 20.9 Å². The number of nitrogens with zero attached hydrogens (tertiary/aromatic N) is 3. The predicted molar refractivity (Wildman–Crippen MR) is 147 cm³/mol. The predicted octanol–water partition coefficient (Wildman–Crippen LogP) is -0.769. The fourth-order valence-corrected chi connectivity index (χ4v) is 8.45. The van der Waals surface area contributed by atoms with Gasteiger partial charge in [-0.3, -0.25) is 14.4 Å². The van der Waals surface area contributed by atoms with Crippen LogP contribution in [0.4, 0.5) is 0 Å². The van der Waals surface area contributed by atoms with Gasteiger partial charge in [0.05, 0.1) is 17.7 Å². The summed E-state index contributed by atoms with van der Waals surface area (Å²) in [6, 6.07) is 10.9. The number of hydrogen-bond donors (Lipinski definition) is 1. The van der Waals surface area contributed by atoms with Gasteiger partial charge in [-0.1, -0.05) is 32.0 Å². The number of nitrogens with two attached hydrogens (primary N) is 1. The fourth-order valence-electron chi connectivity index (χ4n) is 8.45. The molecular weight excluding hydrogens is 536 g/mol. The van der Waals surface area contributed by atoms with Crippen molar-refractivity contribution in [2.75, 3.05) is 45.8 Å². The van der Waals surface area contributed by atoms with Gasteiger partial charge in [0.25, 0.3) is 5.91 Å². The molecule has 2 amide bonds. The van der Waals surface area contributed by atoms with Crippen molar-refractivity contribution < 1.29 is 38.4 Å². The monoisotopic (exact) mass is 570 g/mol. The molecule has 218 valence electrons. The zero-order chi connectivity index (χ0) is 29.7. The highest BCUT2D eigenvalue weighted by Crippen LogP contribution is 2.51. The van der Waals surface area contributed by atoms with E-state index in [1.807, 2.05) is 25.1 Å². The Morgan fingerprint density at radius 1 is 0.952 bits per heavy atom. The van der Waals surface area contributed by atoms with Gasteiger partial charge >= 0.3 is 0 Å². The molecule has 4 atom stereocenters. The number of piperazine rings is 3. The fraction of sp³-hybridized carbons (Fsp3) is 0.438. The van der Waals surface area contributed by atoms with Gasteiger partial charge in [-0.2, -0.15) is 0 Å². The van der Waals surface area contributed by atoms with E-state index in [0.717, 1.165) is 71.5 Å². The van der Waals surface area contributed by atoms with Crippen LogP contribution < -0.4 is 15.9 Å². The molecule has 8 rings (SSSR count). The van der Waals surface area contributed by atoms with Crippen molar-refractivity contribution in [2.45, 2.75) is 32.5 Å². The number of rotatable bonds is 7. The van der Waals surface area contributed by atoms with Crippen LogP contribution in [0.2, 0.25) is 0 Å². The summed E-state index contributed by atoms with van der Waals surface area (Å²) in [5.41, 5.74) is 10.3. The molecule has 2 aromatic rings. The van der Waals surface area contributed by atoms with E-state index < -0.39 is 29.9 Å². The Hall–Kier alpha value is -3.86. The minimum Gasteiger partial charge on any atom is -0.852 e. The largest absolute Gasteiger partial charge is 0.852 e. The summed E-state index contributed by atoms with van der Waals surface area (Å²) in [6.07, 6.45) is -1.14.